The summed E-state index contributed by atoms with van der Waals surface area (Å²) in [4.78, 5) is 0. The van der Waals surface area contributed by atoms with E-state index in [1.54, 1.807) is 0 Å². The average molecular weight is 159 g/mol. The zero-order valence-electron chi connectivity index (χ0n) is 7.05. The Labute approximate surface area is 67.5 Å². The van der Waals surface area contributed by atoms with Gasteiger partial charge in [0.2, 0.25) is 0 Å². The van der Waals surface area contributed by atoms with E-state index in [1.165, 1.54) is 0 Å². The highest BCUT2D eigenvalue weighted by Crippen LogP contribution is 2.27. The number of nitrogens with two attached hydrogens (primary N) is 1. The molecule has 0 spiro atoms. The molecule has 1 rings (SSSR count). The molecule has 2 atom stereocenters. The molecule has 1 aliphatic rings. The molecule has 2 unspecified atom stereocenters. The summed E-state index contributed by atoms with van der Waals surface area (Å²) in [6.45, 7) is 3.75. The topological polar surface area (TPSA) is 55.5 Å². The molecule has 0 saturated carbocycles. The van der Waals surface area contributed by atoms with Gasteiger partial charge in [-0.2, -0.15) is 0 Å². The third-order valence-corrected chi connectivity index (χ3v) is 2.66. The van der Waals surface area contributed by atoms with E-state index < -0.39 is 5.60 Å². The first-order chi connectivity index (χ1) is 5.23. The number of ether oxygens (including phenoxy) is 1. The van der Waals surface area contributed by atoms with Crippen LogP contribution in [0.3, 0.4) is 0 Å². The van der Waals surface area contributed by atoms with Crippen LogP contribution in [0, 0.1) is 5.92 Å². The number of aliphatic hydroxyl groups is 1. The largest absolute Gasteiger partial charge is 0.388 e. The van der Waals surface area contributed by atoms with Gasteiger partial charge >= 0.3 is 0 Å². The van der Waals surface area contributed by atoms with Crippen molar-refractivity contribution in [2.24, 2.45) is 11.7 Å². The summed E-state index contributed by atoms with van der Waals surface area (Å²) < 4.78 is 5.19. The van der Waals surface area contributed by atoms with E-state index in [4.69, 9.17) is 10.5 Å². The smallest absolute Gasteiger partial charge is 0.0817 e. The van der Waals surface area contributed by atoms with Crippen molar-refractivity contribution >= 4 is 0 Å². The molecule has 0 aromatic carbocycles. The van der Waals surface area contributed by atoms with Crippen LogP contribution in [0.15, 0.2) is 0 Å². The molecule has 1 saturated heterocycles. The zero-order chi connectivity index (χ0) is 8.32. The van der Waals surface area contributed by atoms with Gasteiger partial charge in [-0.3, -0.25) is 0 Å². The Morgan fingerprint density at radius 2 is 2.45 bits per heavy atom. The van der Waals surface area contributed by atoms with Crippen LogP contribution in [-0.2, 0) is 4.74 Å². The Bertz CT molecular complexity index is 117. The standard InChI is InChI=1S/C8H17NO2/c1-2-8(10,6-9)7-3-4-11-5-7/h7,10H,2-6,9H2,1H3. The fraction of sp³-hybridized carbons (Fsp3) is 1.00. The fourth-order valence-electron chi connectivity index (χ4n) is 1.56. The summed E-state index contributed by atoms with van der Waals surface area (Å²) in [6, 6.07) is 0. The zero-order valence-corrected chi connectivity index (χ0v) is 7.05. The number of rotatable bonds is 3. The third kappa shape index (κ3) is 1.72. The third-order valence-electron chi connectivity index (χ3n) is 2.66. The van der Waals surface area contributed by atoms with Gasteiger partial charge in [-0.05, 0) is 12.8 Å². The maximum Gasteiger partial charge on any atom is 0.0817 e. The second kappa shape index (κ2) is 3.52. The lowest BCUT2D eigenvalue weighted by Gasteiger charge is -2.30. The van der Waals surface area contributed by atoms with Gasteiger partial charge in [0, 0.05) is 19.1 Å². The summed E-state index contributed by atoms with van der Waals surface area (Å²) >= 11 is 0. The highest BCUT2D eigenvalue weighted by molar-refractivity contribution is 4.88. The highest BCUT2D eigenvalue weighted by atomic mass is 16.5. The molecule has 66 valence electrons. The normalized spacial score (nSPS) is 30.3. The van der Waals surface area contributed by atoms with Crippen molar-refractivity contribution in [1.82, 2.24) is 0 Å². The molecule has 0 amide bonds. The van der Waals surface area contributed by atoms with Crippen molar-refractivity contribution in [3.05, 3.63) is 0 Å². The maximum atomic E-state index is 9.92. The van der Waals surface area contributed by atoms with Gasteiger partial charge in [-0.25, -0.2) is 0 Å². The minimum Gasteiger partial charge on any atom is -0.388 e. The van der Waals surface area contributed by atoms with Crippen LogP contribution in [0.25, 0.3) is 0 Å². The minimum atomic E-state index is -0.684. The van der Waals surface area contributed by atoms with Crippen LogP contribution in [0.2, 0.25) is 0 Å². The van der Waals surface area contributed by atoms with E-state index in [0.29, 0.717) is 13.2 Å². The van der Waals surface area contributed by atoms with E-state index in [9.17, 15) is 5.11 Å². The Hall–Kier alpha value is -0.120. The number of hydrogen-bond donors (Lipinski definition) is 2. The van der Waals surface area contributed by atoms with E-state index >= 15 is 0 Å². The van der Waals surface area contributed by atoms with Crippen LogP contribution < -0.4 is 5.73 Å². The quantitative estimate of drug-likeness (QED) is 0.615. The van der Waals surface area contributed by atoms with Gasteiger partial charge in [0.15, 0.2) is 0 Å². The first-order valence-electron chi connectivity index (χ1n) is 4.23. The molecule has 1 fully saturated rings. The molecule has 3 N–H and O–H groups in total. The van der Waals surface area contributed by atoms with Gasteiger partial charge < -0.3 is 15.6 Å². The van der Waals surface area contributed by atoms with Gasteiger partial charge in [0.1, 0.15) is 0 Å². The van der Waals surface area contributed by atoms with Gasteiger partial charge in [-0.15, -0.1) is 0 Å². The van der Waals surface area contributed by atoms with Crippen molar-refractivity contribution in [2.45, 2.75) is 25.4 Å². The Balaban J connectivity index is 2.52. The molecule has 11 heavy (non-hydrogen) atoms. The van der Waals surface area contributed by atoms with Crippen LogP contribution in [0.1, 0.15) is 19.8 Å². The van der Waals surface area contributed by atoms with Crippen molar-refractivity contribution in [1.29, 1.82) is 0 Å². The molecular formula is C8H17NO2. The van der Waals surface area contributed by atoms with Gasteiger partial charge in [0.25, 0.3) is 0 Å². The predicted octanol–water partition coefficient (Wildman–Crippen LogP) is 0.123. The minimum absolute atomic E-state index is 0.248. The molecule has 0 bridgehead atoms. The molecule has 0 aromatic heterocycles. The molecule has 0 radical (unpaired) electrons. The van der Waals surface area contributed by atoms with E-state index in [2.05, 4.69) is 0 Å². The second-order valence-corrected chi connectivity index (χ2v) is 3.22. The summed E-state index contributed by atoms with van der Waals surface area (Å²) in [5.41, 5.74) is 4.81. The van der Waals surface area contributed by atoms with Crippen molar-refractivity contribution in [3.8, 4) is 0 Å². The van der Waals surface area contributed by atoms with E-state index in [0.717, 1.165) is 19.4 Å². The monoisotopic (exact) mass is 159 g/mol. The lowest BCUT2D eigenvalue weighted by Crippen LogP contribution is -2.44. The summed E-state index contributed by atoms with van der Waals surface area (Å²) in [7, 11) is 0. The predicted molar refractivity (Wildman–Crippen MR) is 43.2 cm³/mol. The van der Waals surface area contributed by atoms with Crippen LogP contribution in [0.5, 0.6) is 0 Å². The molecule has 3 heteroatoms. The first-order valence-corrected chi connectivity index (χ1v) is 4.23. The summed E-state index contributed by atoms with van der Waals surface area (Å²) in [6.07, 6.45) is 1.67. The molecule has 0 aliphatic carbocycles. The Morgan fingerprint density at radius 3 is 2.82 bits per heavy atom. The second-order valence-electron chi connectivity index (χ2n) is 3.22. The summed E-state index contributed by atoms with van der Waals surface area (Å²) in [5.74, 6) is 0.248. The Kier molecular flexibility index (Phi) is 2.87. The maximum absolute atomic E-state index is 9.92. The molecular weight excluding hydrogens is 142 g/mol. The molecule has 3 nitrogen and oxygen atoms in total. The molecule has 1 aliphatic heterocycles. The molecule has 1 heterocycles. The van der Waals surface area contributed by atoms with Crippen molar-refractivity contribution in [2.75, 3.05) is 19.8 Å². The average Bonchev–Trinajstić information content (AvgIpc) is 2.55. The van der Waals surface area contributed by atoms with E-state index in [1.807, 2.05) is 6.92 Å². The Morgan fingerprint density at radius 1 is 1.73 bits per heavy atom. The first kappa shape index (κ1) is 8.97. The lowest BCUT2D eigenvalue weighted by molar-refractivity contribution is -0.0169. The molecule has 0 aromatic rings. The van der Waals surface area contributed by atoms with Gasteiger partial charge in [-0.1, -0.05) is 6.92 Å². The van der Waals surface area contributed by atoms with Crippen molar-refractivity contribution < 1.29 is 9.84 Å². The van der Waals surface area contributed by atoms with Crippen LogP contribution in [-0.4, -0.2) is 30.5 Å². The SMILES string of the molecule is CCC(O)(CN)C1CCOC1. The highest BCUT2D eigenvalue weighted by Gasteiger charge is 2.35. The van der Waals surface area contributed by atoms with Gasteiger partial charge in [0.05, 0.1) is 12.2 Å². The van der Waals surface area contributed by atoms with E-state index in [-0.39, 0.29) is 5.92 Å². The van der Waals surface area contributed by atoms with Crippen LogP contribution >= 0.6 is 0 Å². The fourth-order valence-corrected chi connectivity index (χ4v) is 1.56. The lowest BCUT2D eigenvalue weighted by atomic mass is 9.85. The number of hydrogen-bond acceptors (Lipinski definition) is 3. The summed E-state index contributed by atoms with van der Waals surface area (Å²) in [5, 5.41) is 9.92. The van der Waals surface area contributed by atoms with Crippen molar-refractivity contribution in [3.63, 3.8) is 0 Å². The van der Waals surface area contributed by atoms with Crippen LogP contribution in [0.4, 0.5) is 0 Å².